The number of amides is 3. The highest BCUT2D eigenvalue weighted by atomic mass is 19.2. The Bertz CT molecular complexity index is 1340. The molecule has 0 N–H and O–H groups in total. The van der Waals surface area contributed by atoms with Gasteiger partial charge in [-0.1, -0.05) is 36.4 Å². The van der Waals surface area contributed by atoms with Gasteiger partial charge in [-0.2, -0.15) is 10.3 Å². The number of carbonyl (C=O) groups is 3. The van der Waals surface area contributed by atoms with Crippen LogP contribution >= 0.6 is 0 Å². The van der Waals surface area contributed by atoms with Crippen molar-refractivity contribution in [1.29, 1.82) is 5.26 Å². The fourth-order valence-electron chi connectivity index (χ4n) is 5.85. The van der Waals surface area contributed by atoms with Crippen molar-refractivity contribution in [3.63, 3.8) is 0 Å². The van der Waals surface area contributed by atoms with Crippen molar-refractivity contribution >= 4 is 24.1 Å². The van der Waals surface area contributed by atoms with E-state index < -0.39 is 41.0 Å². The van der Waals surface area contributed by atoms with E-state index in [0.717, 1.165) is 47.7 Å². The molecule has 0 bridgehead atoms. The van der Waals surface area contributed by atoms with E-state index in [1.54, 1.807) is 0 Å². The minimum atomic E-state index is -1.24. The number of hydrogen-bond donors (Lipinski definition) is 0. The summed E-state index contributed by atoms with van der Waals surface area (Å²) in [6.07, 6.45) is 3.79. The lowest BCUT2D eigenvalue weighted by atomic mass is 9.67. The second kappa shape index (κ2) is 13.0. The molecule has 216 valence electrons. The number of nitriles is 1. The van der Waals surface area contributed by atoms with Crippen molar-refractivity contribution in [2.45, 2.75) is 43.6 Å². The fraction of sp³-hybridized carbons (Fsp3) is 0.433. The second-order valence-electron chi connectivity index (χ2n) is 10.3. The number of carbonyl (C=O) groups excluding carboxylic acids is 3. The predicted octanol–water partition coefficient (Wildman–Crippen LogP) is 4.73. The Morgan fingerprint density at radius 3 is 2.46 bits per heavy atom. The molecule has 41 heavy (non-hydrogen) atoms. The number of halogens is 2. The highest BCUT2D eigenvalue weighted by molar-refractivity contribution is 6.10. The maximum atomic E-state index is 14.3. The lowest BCUT2D eigenvalue weighted by molar-refractivity contribution is -0.150. The zero-order valence-corrected chi connectivity index (χ0v) is 23.0. The molecule has 2 aromatic rings. The Morgan fingerprint density at radius 2 is 1.88 bits per heavy atom. The first-order valence-corrected chi connectivity index (χ1v) is 13.4. The minimum absolute atomic E-state index is 0.0437. The van der Waals surface area contributed by atoms with Gasteiger partial charge in [0.2, 0.25) is 6.41 Å². The van der Waals surface area contributed by atoms with Gasteiger partial charge >= 0.3 is 12.0 Å². The van der Waals surface area contributed by atoms with Crippen LogP contribution in [0.3, 0.4) is 0 Å². The Hall–Kier alpha value is -4.17. The summed E-state index contributed by atoms with van der Waals surface area (Å²) in [5, 5.41) is 12.1. The van der Waals surface area contributed by atoms with Crippen LogP contribution in [0.2, 0.25) is 0 Å². The summed E-state index contributed by atoms with van der Waals surface area (Å²) in [6, 6.07) is 13.1. The number of ether oxygens (including phenoxy) is 2. The molecule has 11 heteroatoms. The Kier molecular flexibility index (Phi) is 9.45. The molecule has 1 aliphatic heterocycles. The van der Waals surface area contributed by atoms with E-state index in [4.69, 9.17) is 9.47 Å². The number of hydrazine groups is 1. The first kappa shape index (κ1) is 29.8. The van der Waals surface area contributed by atoms with Gasteiger partial charge in [-0.15, -0.1) is 0 Å². The molecule has 0 spiro atoms. The van der Waals surface area contributed by atoms with E-state index in [1.807, 2.05) is 30.3 Å². The van der Waals surface area contributed by atoms with Crippen LogP contribution in [0.15, 0.2) is 53.5 Å². The van der Waals surface area contributed by atoms with Gasteiger partial charge in [-0.05, 0) is 61.3 Å². The van der Waals surface area contributed by atoms with Gasteiger partial charge in [0.05, 0.1) is 37.0 Å². The molecule has 2 aliphatic rings. The highest BCUT2D eigenvalue weighted by Crippen LogP contribution is 2.42. The van der Waals surface area contributed by atoms with Gasteiger partial charge in [-0.25, -0.2) is 18.6 Å². The van der Waals surface area contributed by atoms with Crippen molar-refractivity contribution in [2.24, 2.45) is 16.8 Å². The number of urea groups is 1. The number of aliphatic imine (C=N–C) groups is 1. The monoisotopic (exact) mass is 566 g/mol. The first-order valence-electron chi connectivity index (χ1n) is 13.4. The fourth-order valence-corrected chi connectivity index (χ4v) is 5.85. The van der Waals surface area contributed by atoms with Crippen molar-refractivity contribution < 1.29 is 32.6 Å². The van der Waals surface area contributed by atoms with Crippen LogP contribution in [-0.2, 0) is 24.5 Å². The van der Waals surface area contributed by atoms with Gasteiger partial charge < -0.3 is 9.47 Å². The van der Waals surface area contributed by atoms with E-state index in [2.05, 4.69) is 11.1 Å². The molecule has 1 saturated carbocycles. The Balaban J connectivity index is 1.59. The summed E-state index contributed by atoms with van der Waals surface area (Å²) in [5.41, 5.74) is 0.551. The van der Waals surface area contributed by atoms with Crippen molar-refractivity contribution in [2.75, 3.05) is 27.4 Å². The highest BCUT2D eigenvalue weighted by Gasteiger charge is 2.47. The number of methoxy groups -OCH3 is 2. The van der Waals surface area contributed by atoms with Gasteiger partial charge in [0.1, 0.15) is 5.92 Å². The van der Waals surface area contributed by atoms with Gasteiger partial charge in [0.25, 0.3) is 0 Å². The van der Waals surface area contributed by atoms with Crippen LogP contribution in [0.5, 0.6) is 0 Å². The number of nitrogens with zero attached hydrogens (tertiary/aromatic N) is 4. The third-order valence-electron chi connectivity index (χ3n) is 8.07. The van der Waals surface area contributed by atoms with Crippen LogP contribution in [0.4, 0.5) is 13.6 Å². The molecule has 2 aromatic carbocycles. The maximum absolute atomic E-state index is 14.3. The van der Waals surface area contributed by atoms with E-state index in [9.17, 15) is 28.4 Å². The number of hydrogen-bond acceptors (Lipinski definition) is 6. The van der Waals surface area contributed by atoms with Crippen LogP contribution in [-0.4, -0.2) is 61.5 Å². The Labute approximate surface area is 237 Å². The van der Waals surface area contributed by atoms with Crippen LogP contribution in [0.25, 0.3) is 0 Å². The molecule has 2 atom stereocenters. The summed E-state index contributed by atoms with van der Waals surface area (Å²) >= 11 is 0. The number of esters is 1. The van der Waals surface area contributed by atoms with E-state index in [1.165, 1.54) is 13.2 Å². The van der Waals surface area contributed by atoms with Crippen LogP contribution < -0.4 is 0 Å². The second-order valence-corrected chi connectivity index (χ2v) is 10.3. The minimum Gasteiger partial charge on any atom is -0.468 e. The molecule has 1 fully saturated rings. The molecular formula is C30H32F2N4O5. The van der Waals surface area contributed by atoms with Crippen LogP contribution in [0.1, 0.15) is 49.3 Å². The normalized spacial score (nSPS) is 24.3. The molecule has 0 radical (unpaired) electrons. The zero-order chi connectivity index (χ0) is 29.6. The molecule has 1 heterocycles. The molecule has 2 unspecified atom stereocenters. The third kappa shape index (κ3) is 6.12. The molecule has 0 aromatic heterocycles. The van der Waals surface area contributed by atoms with E-state index >= 15 is 0 Å². The summed E-state index contributed by atoms with van der Waals surface area (Å²) in [4.78, 5) is 42.7. The summed E-state index contributed by atoms with van der Waals surface area (Å²) in [6.45, 7) is -0.0846. The maximum Gasteiger partial charge on any atom is 0.363 e. The predicted molar refractivity (Wildman–Crippen MR) is 144 cm³/mol. The van der Waals surface area contributed by atoms with Crippen LogP contribution in [0, 0.1) is 34.8 Å². The molecule has 1 aliphatic carbocycles. The Morgan fingerprint density at radius 1 is 1.17 bits per heavy atom. The third-order valence-corrected chi connectivity index (χ3v) is 8.07. The van der Waals surface area contributed by atoms with Gasteiger partial charge in [-0.3, -0.25) is 14.6 Å². The van der Waals surface area contributed by atoms with E-state index in [0.29, 0.717) is 25.7 Å². The smallest absolute Gasteiger partial charge is 0.363 e. The lowest BCUT2D eigenvalue weighted by Crippen LogP contribution is -2.55. The topological polar surface area (TPSA) is 112 Å². The van der Waals surface area contributed by atoms with Gasteiger partial charge in [0, 0.05) is 13.7 Å². The standard InChI is InChI=1S/C30H32F2N4O5/c1-40-17-25-26(28(38)41-2)27(21-8-9-23(31)24(32)16-21)36(29(39)34-25)35(19-37)15-12-20-10-13-30(18-33,14-11-20)22-6-4-3-5-7-22/h3-9,16,19-20,26-27H,10-15,17H2,1-2H3. The lowest BCUT2D eigenvalue weighted by Gasteiger charge is -2.43. The quantitative estimate of drug-likeness (QED) is 0.304. The molecular weight excluding hydrogens is 534 g/mol. The summed E-state index contributed by atoms with van der Waals surface area (Å²) < 4.78 is 38.3. The summed E-state index contributed by atoms with van der Waals surface area (Å²) in [7, 11) is 2.52. The average Bonchev–Trinajstić information content (AvgIpc) is 3.00. The molecule has 9 nitrogen and oxygen atoms in total. The van der Waals surface area contributed by atoms with Crippen molar-refractivity contribution in [3.05, 3.63) is 71.3 Å². The molecule has 3 amide bonds. The molecule has 4 rings (SSSR count). The van der Waals surface area contributed by atoms with Gasteiger partial charge in [0.15, 0.2) is 11.6 Å². The van der Waals surface area contributed by atoms with Crippen molar-refractivity contribution in [3.8, 4) is 6.07 Å². The SMILES string of the molecule is COCC1=NC(=O)N(N(C=O)CCC2CCC(C#N)(c3ccccc3)CC2)C(c2ccc(F)c(F)c2)C1C(=O)OC. The first-order chi connectivity index (χ1) is 19.8. The number of rotatable bonds is 10. The summed E-state index contributed by atoms with van der Waals surface area (Å²) in [5.74, 6) is -4.11. The molecule has 0 saturated heterocycles. The average molecular weight is 567 g/mol. The van der Waals surface area contributed by atoms with Crippen molar-refractivity contribution in [1.82, 2.24) is 10.0 Å². The number of benzene rings is 2. The zero-order valence-electron chi connectivity index (χ0n) is 23.0. The largest absolute Gasteiger partial charge is 0.468 e. The van der Waals surface area contributed by atoms with E-state index in [-0.39, 0.29) is 30.3 Å².